The van der Waals surface area contributed by atoms with E-state index in [4.69, 9.17) is 9.47 Å². The van der Waals surface area contributed by atoms with Crippen LogP contribution in [0.15, 0.2) is 42.5 Å². The number of benzene rings is 2. The number of halogens is 1. The number of hydrogen-bond acceptors (Lipinski definition) is 3. The fourth-order valence-corrected chi connectivity index (χ4v) is 2.04. The zero-order valence-corrected chi connectivity index (χ0v) is 12.2. The molecule has 0 aliphatic carbocycles. The molecule has 22 heavy (non-hydrogen) atoms. The second-order valence-electron chi connectivity index (χ2n) is 4.49. The van der Waals surface area contributed by atoms with E-state index in [0.29, 0.717) is 22.6 Å². The third-order valence-corrected chi connectivity index (χ3v) is 3.08. The molecule has 0 bridgehead atoms. The van der Waals surface area contributed by atoms with Crippen LogP contribution in [0.5, 0.6) is 11.5 Å². The van der Waals surface area contributed by atoms with E-state index in [1.54, 1.807) is 24.3 Å². The van der Waals surface area contributed by atoms with Gasteiger partial charge in [0.25, 0.3) is 0 Å². The van der Waals surface area contributed by atoms with Crippen LogP contribution in [0.25, 0.3) is 11.6 Å². The number of methoxy groups -OCH3 is 2. The summed E-state index contributed by atoms with van der Waals surface area (Å²) in [6.07, 6.45) is 1.41. The molecule has 2 aromatic carbocycles. The first kappa shape index (κ1) is 15.6. The normalized spacial score (nSPS) is 11.1. The smallest absolute Gasteiger partial charge is 0.336 e. The van der Waals surface area contributed by atoms with Crippen molar-refractivity contribution in [1.82, 2.24) is 0 Å². The van der Waals surface area contributed by atoms with E-state index in [1.807, 2.05) is 0 Å². The summed E-state index contributed by atoms with van der Waals surface area (Å²) in [6.45, 7) is 0. The molecule has 0 atom stereocenters. The molecule has 0 fully saturated rings. The summed E-state index contributed by atoms with van der Waals surface area (Å²) >= 11 is 0. The molecule has 5 heteroatoms. The summed E-state index contributed by atoms with van der Waals surface area (Å²) in [6, 6.07) is 10.5. The predicted octanol–water partition coefficient (Wildman–Crippen LogP) is 3.47. The van der Waals surface area contributed by atoms with Crippen LogP contribution < -0.4 is 9.47 Å². The maximum absolute atomic E-state index is 13.2. The van der Waals surface area contributed by atoms with Gasteiger partial charge in [-0.05, 0) is 41.5 Å². The van der Waals surface area contributed by atoms with Crippen LogP contribution >= 0.6 is 0 Å². The van der Waals surface area contributed by atoms with Gasteiger partial charge in [0.2, 0.25) is 0 Å². The molecule has 0 heterocycles. The Kier molecular flexibility index (Phi) is 4.78. The Morgan fingerprint density at radius 3 is 2.41 bits per heavy atom. The van der Waals surface area contributed by atoms with Gasteiger partial charge in [0.05, 0.1) is 19.8 Å². The van der Waals surface area contributed by atoms with E-state index in [2.05, 4.69) is 0 Å². The van der Waals surface area contributed by atoms with Gasteiger partial charge in [0.1, 0.15) is 5.82 Å². The average molecular weight is 302 g/mol. The van der Waals surface area contributed by atoms with Gasteiger partial charge >= 0.3 is 5.97 Å². The lowest BCUT2D eigenvalue weighted by molar-refractivity contribution is -0.130. The van der Waals surface area contributed by atoms with Gasteiger partial charge < -0.3 is 14.6 Å². The van der Waals surface area contributed by atoms with Gasteiger partial charge in [-0.25, -0.2) is 9.18 Å². The number of rotatable bonds is 5. The monoisotopic (exact) mass is 302 g/mol. The predicted molar refractivity (Wildman–Crippen MR) is 81.5 cm³/mol. The Morgan fingerprint density at radius 2 is 1.82 bits per heavy atom. The number of hydrogen-bond donors (Lipinski definition) is 1. The van der Waals surface area contributed by atoms with Crippen LogP contribution in [0.3, 0.4) is 0 Å². The molecule has 0 saturated heterocycles. The summed E-state index contributed by atoms with van der Waals surface area (Å²) in [5, 5.41) is 9.41. The van der Waals surface area contributed by atoms with Crippen molar-refractivity contribution in [2.75, 3.05) is 14.2 Å². The Labute approximate surface area is 127 Å². The minimum absolute atomic E-state index is 0.0338. The Morgan fingerprint density at radius 1 is 1.09 bits per heavy atom. The summed E-state index contributed by atoms with van der Waals surface area (Å²) in [5.74, 6) is -0.615. The first-order valence-corrected chi connectivity index (χ1v) is 6.48. The van der Waals surface area contributed by atoms with E-state index >= 15 is 0 Å². The molecule has 0 spiro atoms. The molecule has 0 aromatic heterocycles. The lowest BCUT2D eigenvalue weighted by Crippen LogP contribution is -2.01. The first-order chi connectivity index (χ1) is 10.5. The standard InChI is InChI=1S/C17H15FO4/c1-21-15-7-6-12(10-16(15)22-2)14(17(19)20)9-11-4-3-5-13(18)8-11/h3-10H,1-2H3,(H,19,20)/b14-9-. The second kappa shape index (κ2) is 6.76. The molecule has 0 aliphatic heterocycles. The Hall–Kier alpha value is -2.82. The number of ether oxygens (including phenoxy) is 2. The molecule has 0 aliphatic rings. The van der Waals surface area contributed by atoms with Crippen molar-refractivity contribution in [2.24, 2.45) is 0 Å². The maximum atomic E-state index is 13.2. The fourth-order valence-electron chi connectivity index (χ4n) is 2.04. The van der Waals surface area contributed by atoms with Gasteiger partial charge in [-0.2, -0.15) is 0 Å². The number of carboxylic acids is 1. The van der Waals surface area contributed by atoms with E-state index < -0.39 is 11.8 Å². The quantitative estimate of drug-likeness (QED) is 0.679. The Balaban J connectivity index is 2.51. The topological polar surface area (TPSA) is 55.8 Å². The first-order valence-electron chi connectivity index (χ1n) is 6.48. The van der Waals surface area contributed by atoms with E-state index in [-0.39, 0.29) is 5.57 Å². The molecule has 0 radical (unpaired) electrons. The van der Waals surface area contributed by atoms with Crippen LogP contribution in [-0.2, 0) is 4.79 Å². The summed E-state index contributed by atoms with van der Waals surface area (Å²) in [4.78, 5) is 11.5. The van der Waals surface area contributed by atoms with Crippen LogP contribution in [0, 0.1) is 5.82 Å². The highest BCUT2D eigenvalue weighted by molar-refractivity contribution is 6.20. The van der Waals surface area contributed by atoms with Gasteiger partial charge in [-0.1, -0.05) is 18.2 Å². The molecule has 2 aromatic rings. The minimum atomic E-state index is -1.11. The number of aliphatic carboxylic acids is 1. The highest BCUT2D eigenvalue weighted by Crippen LogP contribution is 2.31. The molecule has 0 amide bonds. The summed E-state index contributed by atoms with van der Waals surface area (Å²) in [5.41, 5.74) is 0.938. The molecule has 0 saturated carbocycles. The van der Waals surface area contributed by atoms with Gasteiger partial charge in [0, 0.05) is 0 Å². The van der Waals surface area contributed by atoms with Crippen LogP contribution in [-0.4, -0.2) is 25.3 Å². The van der Waals surface area contributed by atoms with Crippen molar-refractivity contribution in [3.63, 3.8) is 0 Å². The lowest BCUT2D eigenvalue weighted by atomic mass is 10.0. The largest absolute Gasteiger partial charge is 0.493 e. The van der Waals surface area contributed by atoms with E-state index in [9.17, 15) is 14.3 Å². The molecule has 1 N–H and O–H groups in total. The molecule has 114 valence electrons. The van der Waals surface area contributed by atoms with Gasteiger partial charge in [0.15, 0.2) is 11.5 Å². The highest BCUT2D eigenvalue weighted by atomic mass is 19.1. The highest BCUT2D eigenvalue weighted by Gasteiger charge is 2.14. The van der Waals surface area contributed by atoms with Crippen molar-refractivity contribution in [1.29, 1.82) is 0 Å². The van der Waals surface area contributed by atoms with E-state index in [1.165, 1.54) is 38.5 Å². The second-order valence-corrected chi connectivity index (χ2v) is 4.49. The zero-order chi connectivity index (χ0) is 16.1. The van der Waals surface area contributed by atoms with Crippen molar-refractivity contribution in [3.05, 3.63) is 59.4 Å². The third kappa shape index (κ3) is 3.44. The average Bonchev–Trinajstić information content (AvgIpc) is 2.51. The van der Waals surface area contributed by atoms with Crippen molar-refractivity contribution >= 4 is 17.6 Å². The summed E-state index contributed by atoms with van der Waals surface area (Å²) in [7, 11) is 2.97. The Bertz CT molecular complexity index is 722. The van der Waals surface area contributed by atoms with Crippen LogP contribution in [0.4, 0.5) is 4.39 Å². The molecule has 2 rings (SSSR count). The fraction of sp³-hybridized carbons (Fsp3) is 0.118. The molecular weight excluding hydrogens is 287 g/mol. The van der Waals surface area contributed by atoms with Crippen LogP contribution in [0.1, 0.15) is 11.1 Å². The zero-order valence-electron chi connectivity index (χ0n) is 12.2. The molecule has 0 unspecified atom stereocenters. The SMILES string of the molecule is COc1ccc(/C(=C/c2cccc(F)c2)C(=O)O)cc1OC. The minimum Gasteiger partial charge on any atom is -0.493 e. The van der Waals surface area contributed by atoms with Gasteiger partial charge in [-0.3, -0.25) is 0 Å². The number of carbonyl (C=O) groups is 1. The number of carboxylic acid groups (broad SMARTS) is 1. The van der Waals surface area contributed by atoms with Crippen LogP contribution in [0.2, 0.25) is 0 Å². The van der Waals surface area contributed by atoms with Crippen molar-refractivity contribution in [2.45, 2.75) is 0 Å². The molecular formula is C17H15FO4. The van der Waals surface area contributed by atoms with E-state index in [0.717, 1.165) is 0 Å². The van der Waals surface area contributed by atoms with Gasteiger partial charge in [-0.15, -0.1) is 0 Å². The lowest BCUT2D eigenvalue weighted by Gasteiger charge is -2.10. The maximum Gasteiger partial charge on any atom is 0.336 e. The van der Waals surface area contributed by atoms with Crippen molar-refractivity contribution < 1.29 is 23.8 Å². The van der Waals surface area contributed by atoms with Crippen molar-refractivity contribution in [3.8, 4) is 11.5 Å². The third-order valence-electron chi connectivity index (χ3n) is 3.08. The summed E-state index contributed by atoms with van der Waals surface area (Å²) < 4.78 is 23.5. The molecule has 4 nitrogen and oxygen atoms in total.